The molecule has 7 heteroatoms. The summed E-state index contributed by atoms with van der Waals surface area (Å²) in [4.78, 5) is 30.6. The Hall–Kier alpha value is -1.63. The van der Waals surface area contributed by atoms with E-state index in [-0.39, 0.29) is 18.0 Å². The van der Waals surface area contributed by atoms with Crippen molar-refractivity contribution in [3.05, 3.63) is 16.1 Å². The molecule has 1 aromatic rings. The topological polar surface area (TPSA) is 82.5 Å². The minimum Gasteiger partial charge on any atom is -0.480 e. The summed E-state index contributed by atoms with van der Waals surface area (Å²) in [5, 5.41) is 13.0. The molecule has 0 aliphatic carbocycles. The van der Waals surface area contributed by atoms with Crippen molar-refractivity contribution in [2.45, 2.75) is 45.7 Å². The number of hydrogen-bond donors (Lipinski definition) is 2. The third-order valence-electron chi connectivity index (χ3n) is 3.80. The van der Waals surface area contributed by atoms with Crippen LogP contribution in [0.25, 0.3) is 0 Å². The Morgan fingerprint density at radius 3 is 2.86 bits per heavy atom. The Balaban J connectivity index is 2.06. The van der Waals surface area contributed by atoms with Crippen molar-refractivity contribution in [2.24, 2.45) is 5.92 Å². The number of likely N-dealkylation sites (tertiary alicyclic amines) is 1. The fraction of sp³-hybridized carbons (Fsp3) is 0.643. The minimum absolute atomic E-state index is 0.0283. The summed E-state index contributed by atoms with van der Waals surface area (Å²) in [6.45, 7) is 6.18. The number of hydrogen-bond acceptors (Lipinski definition) is 4. The van der Waals surface area contributed by atoms with Crippen LogP contribution in [0.4, 0.5) is 4.79 Å². The van der Waals surface area contributed by atoms with Gasteiger partial charge in [-0.1, -0.05) is 6.92 Å². The smallest absolute Gasteiger partial charge is 0.326 e. The number of carbonyl (C=O) groups excluding carboxylic acids is 1. The fourth-order valence-corrected chi connectivity index (χ4v) is 3.47. The average Bonchev–Trinajstić information content (AvgIpc) is 2.84. The molecule has 1 aliphatic rings. The number of nitrogens with one attached hydrogen (secondary N) is 1. The molecule has 1 saturated heterocycles. The second kappa shape index (κ2) is 6.43. The molecule has 3 atom stereocenters. The summed E-state index contributed by atoms with van der Waals surface area (Å²) in [5.41, 5.74) is 0. The maximum atomic E-state index is 12.4. The van der Waals surface area contributed by atoms with E-state index in [0.29, 0.717) is 6.54 Å². The van der Waals surface area contributed by atoms with E-state index >= 15 is 0 Å². The van der Waals surface area contributed by atoms with Gasteiger partial charge in [0.25, 0.3) is 0 Å². The van der Waals surface area contributed by atoms with Crippen molar-refractivity contribution < 1.29 is 14.7 Å². The number of carbonyl (C=O) groups is 2. The largest absolute Gasteiger partial charge is 0.480 e. The highest BCUT2D eigenvalue weighted by Crippen LogP contribution is 2.25. The molecule has 2 heterocycles. The van der Waals surface area contributed by atoms with Crippen molar-refractivity contribution in [1.29, 1.82) is 0 Å². The molecule has 116 valence electrons. The van der Waals surface area contributed by atoms with E-state index in [1.807, 2.05) is 20.8 Å². The minimum atomic E-state index is -0.935. The van der Waals surface area contributed by atoms with Crippen molar-refractivity contribution in [2.75, 3.05) is 6.54 Å². The number of aromatic nitrogens is 1. The maximum absolute atomic E-state index is 12.4. The van der Waals surface area contributed by atoms with Gasteiger partial charge in [-0.15, -0.1) is 11.3 Å². The summed E-state index contributed by atoms with van der Waals surface area (Å²) in [7, 11) is 0. The summed E-state index contributed by atoms with van der Waals surface area (Å²) >= 11 is 1.53. The highest BCUT2D eigenvalue weighted by molar-refractivity contribution is 7.11. The quantitative estimate of drug-likeness (QED) is 0.898. The predicted molar refractivity (Wildman–Crippen MR) is 80.3 cm³/mol. The zero-order chi connectivity index (χ0) is 15.6. The van der Waals surface area contributed by atoms with E-state index in [4.69, 9.17) is 0 Å². The number of piperidine rings is 1. The van der Waals surface area contributed by atoms with Crippen LogP contribution < -0.4 is 5.32 Å². The summed E-state index contributed by atoms with van der Waals surface area (Å²) in [5.74, 6) is -0.963. The van der Waals surface area contributed by atoms with Crippen LogP contribution in [0.1, 0.15) is 42.6 Å². The maximum Gasteiger partial charge on any atom is 0.326 e. The molecule has 1 fully saturated rings. The van der Waals surface area contributed by atoms with E-state index in [0.717, 1.165) is 22.7 Å². The molecular formula is C14H21N3O3S. The second-order valence-corrected chi connectivity index (χ2v) is 6.84. The Labute approximate surface area is 128 Å². The lowest BCUT2D eigenvalue weighted by atomic mass is 9.91. The van der Waals surface area contributed by atoms with Gasteiger partial charge >= 0.3 is 12.0 Å². The Morgan fingerprint density at radius 2 is 2.29 bits per heavy atom. The van der Waals surface area contributed by atoms with Gasteiger partial charge in [0.05, 0.1) is 6.04 Å². The number of carboxylic acid groups (broad SMARTS) is 1. The Bertz CT molecular complexity index is 531. The lowest BCUT2D eigenvalue weighted by molar-refractivity contribution is -0.145. The number of nitrogens with zero attached hydrogens (tertiary/aromatic N) is 2. The standard InChI is InChI=1S/C14H21N3O3S/c1-8-5-4-6-17(11(8)13(18)19)14(20)16-10(3)12-15-7-9(2)21-12/h7-8,10-11H,4-6H2,1-3H3,(H,16,20)(H,18,19). The van der Waals surface area contributed by atoms with Gasteiger partial charge in [-0.2, -0.15) is 0 Å². The zero-order valence-corrected chi connectivity index (χ0v) is 13.3. The van der Waals surface area contributed by atoms with Gasteiger partial charge in [0.1, 0.15) is 11.0 Å². The molecule has 1 aromatic heterocycles. The molecule has 0 bridgehead atoms. The Morgan fingerprint density at radius 1 is 1.57 bits per heavy atom. The van der Waals surface area contributed by atoms with E-state index in [1.54, 1.807) is 6.20 Å². The van der Waals surface area contributed by atoms with Gasteiger partial charge in [0.15, 0.2) is 0 Å². The van der Waals surface area contributed by atoms with Gasteiger partial charge in [0, 0.05) is 17.6 Å². The number of aliphatic carboxylic acids is 1. The number of urea groups is 1. The SMILES string of the molecule is Cc1cnc(C(C)NC(=O)N2CCCC(C)C2C(=O)O)s1. The van der Waals surface area contributed by atoms with E-state index in [9.17, 15) is 14.7 Å². The van der Waals surface area contributed by atoms with Gasteiger partial charge in [0.2, 0.25) is 0 Å². The van der Waals surface area contributed by atoms with E-state index in [1.165, 1.54) is 16.2 Å². The van der Waals surface area contributed by atoms with Gasteiger partial charge < -0.3 is 15.3 Å². The molecule has 6 nitrogen and oxygen atoms in total. The Kier molecular flexibility index (Phi) is 4.82. The third kappa shape index (κ3) is 3.53. The van der Waals surface area contributed by atoms with Crippen LogP contribution in [-0.2, 0) is 4.79 Å². The monoisotopic (exact) mass is 311 g/mol. The van der Waals surface area contributed by atoms with Gasteiger partial charge in [-0.05, 0) is 32.6 Å². The molecule has 3 unspecified atom stereocenters. The predicted octanol–water partition coefficient (Wildman–Crippen LogP) is 2.41. The normalized spacial score (nSPS) is 23.7. The van der Waals surface area contributed by atoms with Crippen LogP contribution in [0, 0.1) is 12.8 Å². The third-order valence-corrected chi connectivity index (χ3v) is 4.89. The number of rotatable bonds is 3. The van der Waals surface area contributed by atoms with Crippen molar-refractivity contribution >= 4 is 23.3 Å². The molecule has 2 N–H and O–H groups in total. The van der Waals surface area contributed by atoms with Gasteiger partial charge in [-0.25, -0.2) is 14.6 Å². The van der Waals surface area contributed by atoms with Crippen LogP contribution in [0.3, 0.4) is 0 Å². The molecule has 2 rings (SSSR count). The molecule has 0 spiro atoms. The lowest BCUT2D eigenvalue weighted by Crippen LogP contribution is -2.55. The highest BCUT2D eigenvalue weighted by atomic mass is 32.1. The molecule has 1 aliphatic heterocycles. The summed E-state index contributed by atoms with van der Waals surface area (Å²) in [6.07, 6.45) is 3.44. The summed E-state index contributed by atoms with van der Waals surface area (Å²) < 4.78 is 0. The number of thiazole rings is 1. The van der Waals surface area contributed by atoms with Crippen molar-refractivity contribution in [3.63, 3.8) is 0 Å². The van der Waals surface area contributed by atoms with Crippen molar-refractivity contribution in [3.8, 4) is 0 Å². The number of amides is 2. The first-order chi connectivity index (χ1) is 9.90. The number of carboxylic acids is 1. The first-order valence-corrected chi connectivity index (χ1v) is 7.94. The first-order valence-electron chi connectivity index (χ1n) is 7.12. The van der Waals surface area contributed by atoms with Gasteiger partial charge in [-0.3, -0.25) is 0 Å². The second-order valence-electron chi connectivity index (χ2n) is 5.58. The first kappa shape index (κ1) is 15.8. The van der Waals surface area contributed by atoms with Crippen LogP contribution in [0.15, 0.2) is 6.20 Å². The molecule has 0 radical (unpaired) electrons. The van der Waals surface area contributed by atoms with E-state index < -0.39 is 12.0 Å². The molecular weight excluding hydrogens is 290 g/mol. The molecule has 2 amide bonds. The molecule has 21 heavy (non-hydrogen) atoms. The fourth-order valence-electron chi connectivity index (χ4n) is 2.69. The molecule has 0 saturated carbocycles. The zero-order valence-electron chi connectivity index (χ0n) is 12.5. The summed E-state index contributed by atoms with van der Waals surface area (Å²) in [6, 6.07) is -1.29. The molecule has 0 aromatic carbocycles. The van der Waals surface area contributed by atoms with Crippen molar-refractivity contribution in [1.82, 2.24) is 15.2 Å². The van der Waals surface area contributed by atoms with Crippen LogP contribution >= 0.6 is 11.3 Å². The average molecular weight is 311 g/mol. The van der Waals surface area contributed by atoms with Crippen LogP contribution in [0.5, 0.6) is 0 Å². The highest BCUT2D eigenvalue weighted by Gasteiger charge is 2.37. The van der Waals surface area contributed by atoms with E-state index in [2.05, 4.69) is 10.3 Å². The lowest BCUT2D eigenvalue weighted by Gasteiger charge is -2.37. The van der Waals surface area contributed by atoms with Crippen LogP contribution in [0.2, 0.25) is 0 Å². The van der Waals surface area contributed by atoms with Crippen LogP contribution in [-0.4, -0.2) is 39.6 Å². The number of aryl methyl sites for hydroxylation is 1.